The van der Waals surface area contributed by atoms with Gasteiger partial charge in [-0.15, -0.1) is 0 Å². The highest BCUT2D eigenvalue weighted by Crippen LogP contribution is 2.55. The number of carbonyl (C=O) groups excluding carboxylic acids is 1. The number of amides is 1. The molecule has 1 unspecified atom stereocenters. The van der Waals surface area contributed by atoms with Crippen molar-refractivity contribution < 1.29 is 56.9 Å². The molecule has 1 atom stereocenters. The Morgan fingerprint density at radius 3 is 1.69 bits per heavy atom. The number of hydrogen-bond acceptors (Lipinski definition) is 4. The van der Waals surface area contributed by atoms with E-state index in [9.17, 15) is 52.7 Å². The minimum absolute atomic E-state index is 0.102. The molecule has 1 amide bonds. The van der Waals surface area contributed by atoms with Gasteiger partial charge in [-0.2, -0.15) is 47.9 Å². The van der Waals surface area contributed by atoms with E-state index < -0.39 is 39.1 Å². The van der Waals surface area contributed by atoms with E-state index in [2.05, 4.69) is 9.50 Å². The minimum atomic E-state index is -7.38. The molecular weight excluding hydrogens is 521 g/mol. The maximum Gasteiger partial charge on any atom is 0.460 e. The summed E-state index contributed by atoms with van der Waals surface area (Å²) in [5.74, 6) is -15.9. The van der Waals surface area contributed by atoms with Crippen LogP contribution < -0.4 is 9.50 Å². The van der Waals surface area contributed by atoms with Gasteiger partial charge in [-0.3, -0.25) is 4.79 Å². The average Bonchev–Trinajstić information content (AvgIpc) is 3.19. The zero-order valence-electron chi connectivity index (χ0n) is 17.1. The van der Waals surface area contributed by atoms with Crippen LogP contribution in [0.15, 0.2) is 48.5 Å². The maximum atomic E-state index is 13.8. The highest BCUT2D eigenvalue weighted by atomic mass is 32.2. The summed E-state index contributed by atoms with van der Waals surface area (Å²) in [6.07, 6.45) is -6.21. The molecule has 0 radical (unpaired) electrons. The molecule has 1 heterocycles. The zero-order valence-corrected chi connectivity index (χ0v) is 17.9. The molecule has 0 saturated carbocycles. The van der Waals surface area contributed by atoms with Crippen molar-refractivity contribution in [2.75, 3.05) is 0 Å². The van der Waals surface area contributed by atoms with E-state index >= 15 is 0 Å². The van der Waals surface area contributed by atoms with Crippen LogP contribution in [0.4, 0.5) is 39.5 Å². The van der Waals surface area contributed by atoms with Gasteiger partial charge in [-0.05, 0) is 35.2 Å². The minimum Gasteiger partial charge on any atom is -0.378 e. The molecule has 2 aromatic rings. The number of alkyl halides is 9. The lowest BCUT2D eigenvalue weighted by atomic mass is 10.00. The quantitative estimate of drug-likeness (QED) is 0.379. The van der Waals surface area contributed by atoms with E-state index in [1.165, 1.54) is 0 Å². The van der Waals surface area contributed by atoms with Crippen molar-refractivity contribution in [3.63, 3.8) is 0 Å². The van der Waals surface area contributed by atoms with Crippen molar-refractivity contribution in [1.82, 2.24) is 5.32 Å². The van der Waals surface area contributed by atoms with Crippen molar-refractivity contribution in [2.24, 2.45) is 0 Å². The van der Waals surface area contributed by atoms with E-state index in [4.69, 9.17) is 0 Å². The molecule has 2 aromatic carbocycles. The smallest absolute Gasteiger partial charge is 0.378 e. The van der Waals surface area contributed by atoms with Crippen molar-refractivity contribution in [2.45, 2.75) is 42.2 Å². The first-order valence-corrected chi connectivity index (χ1v) is 11.0. The van der Waals surface area contributed by atoms with Gasteiger partial charge >= 0.3 is 33.4 Å². The van der Waals surface area contributed by atoms with Crippen LogP contribution in [0.2, 0.25) is 0 Å². The summed E-state index contributed by atoms with van der Waals surface area (Å²) in [6, 6.07) is 10.1. The highest BCUT2D eigenvalue weighted by molar-refractivity contribution is 7.88. The largest absolute Gasteiger partial charge is 0.460 e. The molecule has 5 nitrogen and oxygen atoms in total. The second-order valence-corrected chi connectivity index (χ2v) is 9.09. The van der Waals surface area contributed by atoms with Gasteiger partial charge in [-0.1, -0.05) is 36.4 Å². The summed E-state index contributed by atoms with van der Waals surface area (Å²) in [5.41, 5.74) is 1.68. The molecule has 0 bridgehead atoms. The van der Waals surface area contributed by atoms with Crippen LogP contribution in [-0.2, 0) is 14.9 Å². The van der Waals surface area contributed by atoms with Gasteiger partial charge in [-0.25, -0.2) is 0 Å². The summed E-state index contributed by atoms with van der Waals surface area (Å²) >= 11 is 0. The molecule has 0 aromatic heterocycles. The Morgan fingerprint density at radius 1 is 0.771 bits per heavy atom. The molecule has 1 fully saturated rings. The summed E-state index contributed by atoms with van der Waals surface area (Å²) in [7, 11) is -7.01. The summed E-state index contributed by atoms with van der Waals surface area (Å²) in [6.45, 7) is 0. The van der Waals surface area contributed by atoms with Crippen LogP contribution in [0.25, 0.3) is 11.1 Å². The molecule has 35 heavy (non-hydrogen) atoms. The third-order valence-electron chi connectivity index (χ3n) is 5.13. The fourth-order valence-corrected chi connectivity index (χ4v) is 4.08. The predicted octanol–water partition coefficient (Wildman–Crippen LogP) is 5.44. The van der Waals surface area contributed by atoms with Crippen molar-refractivity contribution >= 4 is 16.0 Å². The number of halogens is 9. The van der Waals surface area contributed by atoms with Gasteiger partial charge in [0.25, 0.3) is 0 Å². The molecule has 3 rings (SSSR count). The lowest BCUT2D eigenvalue weighted by molar-refractivity contribution is -0.382. The van der Waals surface area contributed by atoms with Gasteiger partial charge in [0, 0.05) is 6.42 Å². The van der Waals surface area contributed by atoms with E-state index in [0.717, 1.165) is 17.7 Å². The number of rotatable bonds is 7. The van der Waals surface area contributed by atoms with Gasteiger partial charge in [0.15, 0.2) is 0 Å². The SMILES string of the molecule is O=C1CCC(c2ccc(-c3ccc(OS(=O)(=O)C(F)(F)C(F)(F)C(F)(F)C(F)(F)F)cc3)cc2)N1. The van der Waals surface area contributed by atoms with Gasteiger partial charge in [0.1, 0.15) is 5.75 Å². The molecule has 1 aliphatic rings. The van der Waals surface area contributed by atoms with Crippen LogP contribution in [0, 0.1) is 0 Å². The Morgan fingerprint density at radius 2 is 1.26 bits per heavy atom. The van der Waals surface area contributed by atoms with Gasteiger partial charge in [0.2, 0.25) is 5.91 Å². The number of hydrogen-bond donors (Lipinski definition) is 1. The molecule has 1 aliphatic heterocycles. The Balaban J connectivity index is 1.79. The molecule has 15 heteroatoms. The normalized spacial score (nSPS) is 17.9. The third kappa shape index (κ3) is 4.65. The summed E-state index contributed by atoms with van der Waals surface area (Å²) in [4.78, 5) is 11.3. The van der Waals surface area contributed by atoms with Crippen LogP contribution >= 0.6 is 0 Å². The topological polar surface area (TPSA) is 72.5 Å². The molecule has 0 spiro atoms. The molecule has 1 saturated heterocycles. The maximum absolute atomic E-state index is 13.8. The molecule has 192 valence electrons. The number of carbonyl (C=O) groups is 1. The number of benzene rings is 2. The molecular formula is C20H14F9NO4S. The van der Waals surface area contributed by atoms with Crippen LogP contribution in [0.5, 0.6) is 5.75 Å². The monoisotopic (exact) mass is 535 g/mol. The Labute approximate surface area is 192 Å². The Bertz CT molecular complexity index is 1190. The number of nitrogens with one attached hydrogen (secondary N) is 1. The molecule has 0 aliphatic carbocycles. The van der Waals surface area contributed by atoms with Crippen LogP contribution in [0.3, 0.4) is 0 Å². The summed E-state index contributed by atoms with van der Waals surface area (Å²) < 4.78 is 144. The van der Waals surface area contributed by atoms with Crippen molar-refractivity contribution in [3.8, 4) is 16.9 Å². The second kappa shape index (κ2) is 8.60. The average molecular weight is 535 g/mol. The first kappa shape index (κ1) is 26.6. The second-order valence-electron chi connectivity index (χ2n) is 7.51. The standard InChI is InChI=1S/C20H14F9NO4S/c21-17(22,19(25,26)27)18(23,24)20(28,29)35(32,33)34-14-7-5-12(6-8-14)11-1-3-13(4-2-11)15-9-10-16(31)30-15/h1-8,15H,9-10H2,(H,30,31). The fourth-order valence-electron chi connectivity index (χ4n) is 3.17. The van der Waals surface area contributed by atoms with E-state index in [-0.39, 0.29) is 11.9 Å². The third-order valence-corrected chi connectivity index (χ3v) is 6.43. The van der Waals surface area contributed by atoms with Crippen LogP contribution in [-0.4, -0.2) is 37.6 Å². The van der Waals surface area contributed by atoms with Gasteiger partial charge in [0.05, 0.1) is 6.04 Å². The van der Waals surface area contributed by atoms with Gasteiger partial charge < -0.3 is 9.50 Å². The zero-order chi connectivity index (χ0) is 26.4. The predicted molar refractivity (Wildman–Crippen MR) is 102 cm³/mol. The Hall–Kier alpha value is -2.97. The van der Waals surface area contributed by atoms with Crippen LogP contribution in [0.1, 0.15) is 24.4 Å². The van der Waals surface area contributed by atoms with E-state index in [0.29, 0.717) is 36.1 Å². The first-order chi connectivity index (χ1) is 15.9. The highest BCUT2D eigenvalue weighted by Gasteiger charge is 2.86. The lowest BCUT2D eigenvalue weighted by Gasteiger charge is -2.32. The Kier molecular flexibility index (Phi) is 6.55. The van der Waals surface area contributed by atoms with Crippen molar-refractivity contribution in [3.05, 3.63) is 54.1 Å². The first-order valence-electron chi connectivity index (χ1n) is 9.55. The van der Waals surface area contributed by atoms with E-state index in [1.807, 2.05) is 0 Å². The van der Waals surface area contributed by atoms with Crippen molar-refractivity contribution in [1.29, 1.82) is 0 Å². The lowest BCUT2D eigenvalue weighted by Crippen LogP contribution is -2.63. The van der Waals surface area contributed by atoms with E-state index in [1.54, 1.807) is 24.3 Å². The summed E-state index contributed by atoms with van der Waals surface area (Å²) in [5, 5.41) is -4.18. The molecule has 1 N–H and O–H groups in total. The fraction of sp³-hybridized carbons (Fsp3) is 0.350.